The Morgan fingerprint density at radius 3 is 2.30 bits per heavy atom. The van der Waals surface area contributed by atoms with Gasteiger partial charge in [0.25, 0.3) is 0 Å². The van der Waals surface area contributed by atoms with Gasteiger partial charge in [-0.05, 0) is 33.4 Å². The number of rotatable bonds is 1. The summed E-state index contributed by atoms with van der Waals surface area (Å²) in [5, 5.41) is 0. The van der Waals surface area contributed by atoms with Gasteiger partial charge in [-0.3, -0.25) is 4.90 Å². The van der Waals surface area contributed by atoms with E-state index in [1.165, 1.54) is 5.92 Å². The van der Waals surface area contributed by atoms with Gasteiger partial charge in [0.15, 0.2) is 0 Å². The molecule has 2 unspecified atom stereocenters. The fraction of sp³-hybridized carbons (Fsp3) is 0.667. The van der Waals surface area contributed by atoms with E-state index in [2.05, 4.69) is 54.9 Å². The number of halogens is 2. The van der Waals surface area contributed by atoms with Crippen LogP contribution in [0, 0.1) is 19.8 Å². The molecule has 2 rings (SSSR count). The van der Waals surface area contributed by atoms with E-state index in [4.69, 9.17) is 0 Å². The summed E-state index contributed by atoms with van der Waals surface area (Å²) in [5.74, 6) is -0.163. The van der Waals surface area contributed by atoms with Crippen LogP contribution in [0.4, 0.5) is 4.39 Å². The van der Waals surface area contributed by atoms with Gasteiger partial charge < -0.3 is 4.57 Å². The zero-order valence-electron chi connectivity index (χ0n) is 13.8. The normalized spacial score (nSPS) is 26.7. The molecule has 0 bridgehead atoms. The molecule has 1 aromatic rings. The fourth-order valence-corrected chi connectivity index (χ4v) is 4.84. The second-order valence-corrected chi connectivity index (χ2v) is 7.15. The molecule has 2 nitrogen and oxygen atoms in total. The second-order valence-electron chi connectivity index (χ2n) is 5.97. The van der Waals surface area contributed by atoms with Crippen molar-refractivity contribution in [2.75, 3.05) is 0 Å². The minimum atomic E-state index is -1.41. The Kier molecular flexibility index (Phi) is 6.31. The molecule has 1 aliphatic rings. The first kappa shape index (κ1) is 19.5. The van der Waals surface area contributed by atoms with Crippen LogP contribution in [-0.4, -0.2) is 19.6 Å². The van der Waals surface area contributed by atoms with Crippen LogP contribution in [0.2, 0.25) is 0 Å². The van der Waals surface area contributed by atoms with E-state index in [9.17, 15) is 0 Å². The van der Waals surface area contributed by atoms with Gasteiger partial charge in [0.1, 0.15) is 5.79 Å². The van der Waals surface area contributed by atoms with Crippen molar-refractivity contribution in [2.24, 2.45) is 7.05 Å². The topological polar surface area (TPSA) is 8.17 Å². The molecule has 0 radical (unpaired) electrons. The molecule has 0 saturated carbocycles. The van der Waals surface area contributed by atoms with Crippen LogP contribution in [0.25, 0.3) is 0 Å². The molecule has 0 amide bonds. The molecule has 108 valence electrons. The maximum atomic E-state index is 15.6. The van der Waals surface area contributed by atoms with E-state index in [0.29, 0.717) is 0 Å². The summed E-state index contributed by atoms with van der Waals surface area (Å²) in [4.78, 5) is 1.97. The molecule has 0 aliphatic carbocycles. The quantitative estimate of drug-likeness (QED) is 0.220. The molecule has 0 saturated heterocycles. The number of hydrogen-bond acceptors (Lipinski definition) is 1. The second kappa shape index (κ2) is 6.49. The van der Waals surface area contributed by atoms with E-state index in [1.807, 2.05) is 18.9 Å². The van der Waals surface area contributed by atoms with E-state index < -0.39 is 5.79 Å². The summed E-state index contributed by atoms with van der Waals surface area (Å²) >= 11 is 2.36. The molecule has 1 aliphatic heterocycles. The van der Waals surface area contributed by atoms with Crippen molar-refractivity contribution < 1.29 is 55.8 Å². The minimum absolute atomic E-state index is 0. The Morgan fingerprint density at radius 1 is 1.35 bits per heavy atom. The molecule has 2 atom stereocenters. The van der Waals surface area contributed by atoms with Gasteiger partial charge in [-0.15, -0.1) is 23.7 Å². The number of alkyl halides is 2. The van der Waals surface area contributed by atoms with Gasteiger partial charge in [0.05, 0.1) is 0 Å². The minimum Gasteiger partial charge on any atom is -0.383 e. The van der Waals surface area contributed by atoms with Crippen LogP contribution >= 0.6 is 22.6 Å². The van der Waals surface area contributed by atoms with E-state index in [1.54, 1.807) is 6.92 Å². The van der Waals surface area contributed by atoms with Gasteiger partial charge >= 0.3 is 51.4 Å². The van der Waals surface area contributed by atoms with Crippen molar-refractivity contribution in [3.63, 3.8) is 0 Å². The predicted molar refractivity (Wildman–Crippen MR) is 86.1 cm³/mol. The summed E-state index contributed by atoms with van der Waals surface area (Å²) in [7, 11) is 2.04. The van der Waals surface area contributed by atoms with Crippen LogP contribution in [-0.2, 0) is 12.8 Å². The zero-order chi connectivity index (χ0) is 14.7. The maximum Gasteiger partial charge on any atom is 1.00 e. The van der Waals surface area contributed by atoms with Crippen LogP contribution < -0.4 is 51.4 Å². The van der Waals surface area contributed by atoms with E-state index >= 15 is 4.39 Å². The standard InChI is InChI=1S/C15H23FIN2.K/c1-8(2)19-14(17)10(4)13-12(15(19,6)16)9(3)11(5)18(13)7;/h8,14H,1-7H3;/q-1;+1. The number of fused-ring (bicyclic) bond motifs is 1. The van der Waals surface area contributed by atoms with Gasteiger partial charge in [0.2, 0.25) is 0 Å². The summed E-state index contributed by atoms with van der Waals surface area (Å²) in [6, 6.07) is 0.167. The third-order valence-corrected chi connectivity index (χ3v) is 6.00. The SMILES string of the molecule is Cc1c2c(n(C)c1C)[C-](C)C(I)N(C(C)C)C2(C)F.[K+]. The summed E-state index contributed by atoms with van der Waals surface area (Å²) < 4.78 is 17.8. The van der Waals surface area contributed by atoms with Crippen LogP contribution in [0.15, 0.2) is 0 Å². The third kappa shape index (κ3) is 2.69. The fourth-order valence-electron chi connectivity index (χ4n) is 3.38. The molecule has 1 aromatic heterocycles. The molecule has 5 heteroatoms. The molecular weight excluding hydrogens is 393 g/mol. The third-order valence-electron chi connectivity index (χ3n) is 4.47. The summed E-state index contributed by atoms with van der Waals surface area (Å²) in [6.07, 6.45) is 0. The van der Waals surface area contributed by atoms with Crippen molar-refractivity contribution in [1.29, 1.82) is 0 Å². The van der Waals surface area contributed by atoms with E-state index in [0.717, 1.165) is 22.5 Å². The molecule has 0 spiro atoms. The Balaban J connectivity index is 0.00000200. The van der Waals surface area contributed by atoms with Gasteiger partial charge in [-0.1, -0.05) is 29.5 Å². The number of aromatic nitrogens is 1. The predicted octanol–water partition coefficient (Wildman–Crippen LogP) is 1.22. The number of nitrogens with zero attached hydrogens (tertiary/aromatic N) is 2. The van der Waals surface area contributed by atoms with Gasteiger partial charge in [-0.25, -0.2) is 4.39 Å². The summed E-state index contributed by atoms with van der Waals surface area (Å²) in [5.41, 5.74) is 4.17. The number of hydrogen-bond donors (Lipinski definition) is 0. The smallest absolute Gasteiger partial charge is 0.383 e. The monoisotopic (exact) mass is 416 g/mol. The van der Waals surface area contributed by atoms with Crippen molar-refractivity contribution in [3.8, 4) is 0 Å². The van der Waals surface area contributed by atoms with Crippen molar-refractivity contribution in [3.05, 3.63) is 28.4 Å². The van der Waals surface area contributed by atoms with Crippen molar-refractivity contribution >= 4 is 22.6 Å². The summed E-state index contributed by atoms with van der Waals surface area (Å²) in [6.45, 7) is 12.1. The largest absolute Gasteiger partial charge is 1.00 e. The van der Waals surface area contributed by atoms with E-state index in [-0.39, 0.29) is 61.5 Å². The average molecular weight is 416 g/mol. The zero-order valence-corrected chi connectivity index (χ0v) is 19.1. The Morgan fingerprint density at radius 2 is 1.85 bits per heavy atom. The van der Waals surface area contributed by atoms with Crippen LogP contribution in [0.1, 0.15) is 50.2 Å². The molecule has 0 aromatic carbocycles. The molecule has 2 heterocycles. The Hall–Kier alpha value is 1.41. The first-order chi connectivity index (χ1) is 8.62. The van der Waals surface area contributed by atoms with Gasteiger partial charge in [0, 0.05) is 17.1 Å². The first-order valence-electron chi connectivity index (χ1n) is 6.74. The van der Waals surface area contributed by atoms with Crippen molar-refractivity contribution in [1.82, 2.24) is 9.47 Å². The average Bonchev–Trinajstić information content (AvgIpc) is 2.51. The van der Waals surface area contributed by atoms with Crippen LogP contribution in [0.5, 0.6) is 0 Å². The van der Waals surface area contributed by atoms with Crippen molar-refractivity contribution in [2.45, 2.75) is 57.4 Å². The Labute approximate surface area is 178 Å². The maximum absolute atomic E-state index is 15.6. The molecule has 20 heavy (non-hydrogen) atoms. The molecule has 0 fully saturated rings. The van der Waals surface area contributed by atoms with Gasteiger partial charge in [-0.2, -0.15) is 5.92 Å². The molecular formula is C15H23FIKN2. The molecule has 0 N–H and O–H groups in total. The first-order valence-corrected chi connectivity index (χ1v) is 7.98. The van der Waals surface area contributed by atoms with Crippen LogP contribution in [0.3, 0.4) is 0 Å². The Bertz CT molecular complexity index is 510.